The lowest BCUT2D eigenvalue weighted by molar-refractivity contribution is 0.331. The molecule has 0 N–H and O–H groups in total. The predicted octanol–water partition coefficient (Wildman–Crippen LogP) is 1.86. The van der Waals surface area contributed by atoms with Crippen LogP contribution in [0.3, 0.4) is 0 Å². The van der Waals surface area contributed by atoms with E-state index in [9.17, 15) is 8.42 Å². The van der Waals surface area contributed by atoms with Gasteiger partial charge in [-0.1, -0.05) is 17.7 Å². The van der Waals surface area contributed by atoms with Gasteiger partial charge >= 0.3 is 0 Å². The van der Waals surface area contributed by atoms with E-state index < -0.39 is 9.84 Å². The molecule has 0 amide bonds. The first-order chi connectivity index (χ1) is 7.91. The summed E-state index contributed by atoms with van der Waals surface area (Å²) in [5, 5.41) is -0.259. The van der Waals surface area contributed by atoms with Crippen molar-refractivity contribution in [1.29, 1.82) is 0 Å². The van der Waals surface area contributed by atoms with E-state index in [2.05, 4.69) is 11.8 Å². The molecule has 0 bridgehead atoms. The monoisotopic (exact) mass is 253 g/mol. The molecule has 0 radical (unpaired) electrons. The van der Waals surface area contributed by atoms with Crippen LogP contribution in [0.5, 0.6) is 0 Å². The largest absolute Gasteiger partial charge is 0.302 e. The van der Waals surface area contributed by atoms with Crippen molar-refractivity contribution in [1.82, 2.24) is 4.90 Å². The van der Waals surface area contributed by atoms with Gasteiger partial charge in [0.25, 0.3) is 0 Å². The van der Waals surface area contributed by atoms with E-state index in [1.807, 2.05) is 26.1 Å². The number of hydrogen-bond acceptors (Lipinski definition) is 3. The molecular weight excluding hydrogens is 234 g/mol. The highest BCUT2D eigenvalue weighted by Gasteiger charge is 2.36. The lowest BCUT2D eigenvalue weighted by atomic mass is 10.2. The van der Waals surface area contributed by atoms with E-state index in [0.29, 0.717) is 17.5 Å². The van der Waals surface area contributed by atoms with Gasteiger partial charge < -0.3 is 4.90 Å². The summed E-state index contributed by atoms with van der Waals surface area (Å²) < 4.78 is 24.8. The Labute approximate surface area is 103 Å². The predicted molar refractivity (Wildman–Crippen MR) is 68.9 cm³/mol. The maximum atomic E-state index is 12.4. The van der Waals surface area contributed by atoms with Gasteiger partial charge in [-0.15, -0.1) is 0 Å². The van der Waals surface area contributed by atoms with Crippen molar-refractivity contribution in [2.75, 3.05) is 13.6 Å². The fraction of sp³-hybridized carbons (Fsp3) is 0.538. The van der Waals surface area contributed by atoms with Crippen LogP contribution in [0.15, 0.2) is 29.2 Å². The number of likely N-dealkylation sites (tertiary alicyclic amines) is 1. The maximum absolute atomic E-state index is 12.4. The molecule has 1 fully saturated rings. The van der Waals surface area contributed by atoms with E-state index in [0.717, 1.165) is 12.0 Å². The van der Waals surface area contributed by atoms with Crippen LogP contribution in [0.25, 0.3) is 0 Å². The molecule has 0 spiro atoms. The minimum atomic E-state index is -3.16. The molecule has 1 aromatic rings. The zero-order chi connectivity index (χ0) is 12.6. The molecule has 4 heteroatoms. The highest BCUT2D eigenvalue weighted by atomic mass is 32.2. The van der Waals surface area contributed by atoms with Gasteiger partial charge in [0.05, 0.1) is 10.1 Å². The van der Waals surface area contributed by atoms with Crippen molar-refractivity contribution in [3.63, 3.8) is 0 Å². The summed E-state index contributed by atoms with van der Waals surface area (Å²) in [6.45, 7) is 4.67. The average molecular weight is 253 g/mol. The highest BCUT2D eigenvalue weighted by Crippen LogP contribution is 2.26. The summed E-state index contributed by atoms with van der Waals surface area (Å²) in [5.74, 6) is 0. The Morgan fingerprint density at radius 2 is 1.82 bits per heavy atom. The molecule has 2 atom stereocenters. The molecule has 1 aliphatic heterocycles. The molecule has 1 saturated heterocycles. The topological polar surface area (TPSA) is 37.4 Å². The number of nitrogens with zero attached hydrogens (tertiary/aromatic N) is 1. The Hall–Kier alpha value is -0.870. The van der Waals surface area contributed by atoms with Gasteiger partial charge in [0.1, 0.15) is 0 Å². The Morgan fingerprint density at radius 1 is 1.24 bits per heavy atom. The standard InChI is InChI=1S/C13H19NO2S/c1-10-4-6-12(7-5-10)17(15,16)13-8-11(2)14(3)9-13/h4-7,11,13H,8-9H2,1-3H3/t11-,13-/m1/s1. The van der Waals surface area contributed by atoms with Crippen molar-refractivity contribution in [2.24, 2.45) is 0 Å². The normalized spacial score (nSPS) is 26.3. The summed E-state index contributed by atoms with van der Waals surface area (Å²) in [6.07, 6.45) is 0.729. The van der Waals surface area contributed by atoms with Gasteiger partial charge in [-0.05, 0) is 39.4 Å². The quantitative estimate of drug-likeness (QED) is 0.807. The molecule has 2 rings (SSSR count). The lowest BCUT2D eigenvalue weighted by Crippen LogP contribution is -2.25. The van der Waals surface area contributed by atoms with Crippen LogP contribution >= 0.6 is 0 Å². The fourth-order valence-corrected chi connectivity index (χ4v) is 4.14. The summed E-state index contributed by atoms with van der Waals surface area (Å²) in [4.78, 5) is 2.56. The molecule has 0 aromatic heterocycles. The Balaban J connectivity index is 2.28. The van der Waals surface area contributed by atoms with Gasteiger partial charge in [0.2, 0.25) is 0 Å². The average Bonchev–Trinajstić information content (AvgIpc) is 2.60. The van der Waals surface area contributed by atoms with E-state index in [-0.39, 0.29) is 5.25 Å². The zero-order valence-electron chi connectivity index (χ0n) is 10.6. The third kappa shape index (κ3) is 2.38. The summed E-state index contributed by atoms with van der Waals surface area (Å²) in [7, 11) is -1.18. The first kappa shape index (κ1) is 12.6. The maximum Gasteiger partial charge on any atom is 0.182 e. The van der Waals surface area contributed by atoms with Crippen LogP contribution in [0.1, 0.15) is 18.9 Å². The van der Waals surface area contributed by atoms with E-state index in [4.69, 9.17) is 0 Å². The minimum absolute atomic E-state index is 0.259. The number of rotatable bonds is 2. The molecular formula is C13H19NO2S. The third-order valence-corrected chi connectivity index (χ3v) is 5.78. The molecule has 1 heterocycles. The summed E-state index contributed by atoms with van der Waals surface area (Å²) >= 11 is 0. The van der Waals surface area contributed by atoms with Crippen molar-refractivity contribution in [2.45, 2.75) is 36.5 Å². The van der Waals surface area contributed by atoms with Crippen LogP contribution in [-0.2, 0) is 9.84 Å². The molecule has 3 nitrogen and oxygen atoms in total. The SMILES string of the molecule is Cc1ccc(S(=O)(=O)[C@@H]2C[C@@H](C)N(C)C2)cc1. The second kappa shape index (κ2) is 4.42. The first-order valence-corrected chi connectivity index (χ1v) is 7.46. The Kier molecular flexibility index (Phi) is 3.27. The lowest BCUT2D eigenvalue weighted by Gasteiger charge is -2.13. The molecule has 1 aromatic carbocycles. The van der Waals surface area contributed by atoms with Crippen molar-refractivity contribution >= 4 is 9.84 Å². The van der Waals surface area contributed by atoms with Gasteiger partial charge in [0, 0.05) is 12.6 Å². The van der Waals surface area contributed by atoms with Crippen LogP contribution in [-0.4, -0.2) is 38.2 Å². The fourth-order valence-electron chi connectivity index (χ4n) is 2.28. The van der Waals surface area contributed by atoms with Crippen molar-refractivity contribution in [3.8, 4) is 0 Å². The third-order valence-electron chi connectivity index (χ3n) is 3.64. The van der Waals surface area contributed by atoms with Gasteiger partial charge in [-0.2, -0.15) is 0 Å². The second-order valence-corrected chi connectivity index (χ2v) is 7.23. The van der Waals surface area contributed by atoms with Crippen molar-refractivity contribution in [3.05, 3.63) is 29.8 Å². The highest BCUT2D eigenvalue weighted by molar-refractivity contribution is 7.92. The Morgan fingerprint density at radius 3 is 2.29 bits per heavy atom. The van der Waals surface area contributed by atoms with Gasteiger partial charge in [0.15, 0.2) is 9.84 Å². The van der Waals surface area contributed by atoms with E-state index in [1.165, 1.54) is 0 Å². The molecule has 0 saturated carbocycles. The number of hydrogen-bond donors (Lipinski definition) is 0. The summed E-state index contributed by atoms with van der Waals surface area (Å²) in [6, 6.07) is 7.49. The minimum Gasteiger partial charge on any atom is -0.302 e. The van der Waals surface area contributed by atoms with Gasteiger partial charge in [-0.25, -0.2) is 8.42 Å². The Bertz CT molecular complexity index is 483. The summed E-state index contributed by atoms with van der Waals surface area (Å²) in [5.41, 5.74) is 1.08. The van der Waals surface area contributed by atoms with E-state index in [1.54, 1.807) is 12.1 Å². The smallest absolute Gasteiger partial charge is 0.182 e. The molecule has 17 heavy (non-hydrogen) atoms. The van der Waals surface area contributed by atoms with Gasteiger partial charge in [-0.3, -0.25) is 0 Å². The van der Waals surface area contributed by atoms with Crippen LogP contribution in [0, 0.1) is 6.92 Å². The molecule has 94 valence electrons. The molecule has 1 aliphatic rings. The van der Waals surface area contributed by atoms with Crippen LogP contribution in [0.4, 0.5) is 0 Å². The molecule has 0 unspecified atom stereocenters. The zero-order valence-corrected chi connectivity index (χ0v) is 11.4. The van der Waals surface area contributed by atoms with Crippen LogP contribution in [0.2, 0.25) is 0 Å². The first-order valence-electron chi connectivity index (χ1n) is 5.92. The van der Waals surface area contributed by atoms with Crippen LogP contribution < -0.4 is 0 Å². The molecule has 0 aliphatic carbocycles. The number of sulfone groups is 1. The number of benzene rings is 1. The van der Waals surface area contributed by atoms with Crippen molar-refractivity contribution < 1.29 is 8.42 Å². The number of aryl methyl sites for hydroxylation is 1. The second-order valence-electron chi connectivity index (χ2n) is 5.00. The van der Waals surface area contributed by atoms with E-state index >= 15 is 0 Å².